The third-order valence-corrected chi connectivity index (χ3v) is 6.67. The van der Waals surface area contributed by atoms with Crippen LogP contribution in [-0.4, -0.2) is 50.0 Å². The van der Waals surface area contributed by atoms with Crippen molar-refractivity contribution in [3.8, 4) is 5.75 Å². The highest BCUT2D eigenvalue weighted by molar-refractivity contribution is 7.89. The smallest absolute Gasteiger partial charge is 0.243 e. The van der Waals surface area contributed by atoms with Crippen LogP contribution in [0.1, 0.15) is 12.7 Å². The van der Waals surface area contributed by atoms with E-state index in [2.05, 4.69) is 0 Å². The number of nitrogens with zero attached hydrogens (tertiary/aromatic N) is 2. The summed E-state index contributed by atoms with van der Waals surface area (Å²) in [5.74, 6) is 0.862. The maximum Gasteiger partial charge on any atom is 0.243 e. The number of furan rings is 1. The van der Waals surface area contributed by atoms with Crippen LogP contribution in [0.2, 0.25) is 0 Å². The number of sulfonamides is 1. The molecule has 0 fully saturated rings. The number of hydrogen-bond donors (Lipinski definition) is 1. The van der Waals surface area contributed by atoms with Gasteiger partial charge in [-0.25, -0.2) is 8.42 Å². The van der Waals surface area contributed by atoms with Crippen molar-refractivity contribution >= 4 is 21.6 Å². The molecule has 0 saturated carbocycles. The van der Waals surface area contributed by atoms with Crippen molar-refractivity contribution in [1.29, 1.82) is 0 Å². The fourth-order valence-electron chi connectivity index (χ4n) is 2.99. The maximum absolute atomic E-state index is 13.1. The molecule has 2 aromatic carbocycles. The summed E-state index contributed by atoms with van der Waals surface area (Å²) in [6.45, 7) is 1.16. The zero-order valence-corrected chi connectivity index (χ0v) is 18.7. The lowest BCUT2D eigenvalue weighted by atomic mass is 10.3. The quantitative estimate of drug-likeness (QED) is 0.501. The Morgan fingerprint density at radius 3 is 2.34 bits per heavy atom. The first kappa shape index (κ1) is 23.5. The summed E-state index contributed by atoms with van der Waals surface area (Å²) in [6, 6.07) is 18.2. The van der Waals surface area contributed by atoms with Crippen molar-refractivity contribution in [3.63, 3.8) is 0 Å². The number of carbonyl (C=O) groups is 1. The van der Waals surface area contributed by atoms with Gasteiger partial charge in [-0.1, -0.05) is 18.2 Å². The van der Waals surface area contributed by atoms with Gasteiger partial charge in [-0.3, -0.25) is 4.79 Å². The molecule has 1 heterocycles. The van der Waals surface area contributed by atoms with Gasteiger partial charge in [0.1, 0.15) is 24.2 Å². The molecule has 3 rings (SSSR count). The third-order valence-electron chi connectivity index (χ3n) is 4.85. The van der Waals surface area contributed by atoms with Crippen molar-refractivity contribution in [2.24, 2.45) is 0 Å². The van der Waals surface area contributed by atoms with Crippen molar-refractivity contribution in [2.75, 3.05) is 25.1 Å². The number of amides is 1. The highest BCUT2D eigenvalue weighted by Gasteiger charge is 2.27. The molecule has 170 valence electrons. The van der Waals surface area contributed by atoms with Gasteiger partial charge in [0.05, 0.1) is 17.7 Å². The number of aliphatic hydroxyl groups is 1. The molecule has 32 heavy (non-hydrogen) atoms. The van der Waals surface area contributed by atoms with E-state index < -0.39 is 16.1 Å². The largest absolute Gasteiger partial charge is 0.491 e. The van der Waals surface area contributed by atoms with Gasteiger partial charge < -0.3 is 19.2 Å². The summed E-state index contributed by atoms with van der Waals surface area (Å²) < 4.78 is 38.3. The maximum atomic E-state index is 13.1. The van der Waals surface area contributed by atoms with Crippen LogP contribution < -0.4 is 9.64 Å². The van der Waals surface area contributed by atoms with Gasteiger partial charge in [0.15, 0.2) is 0 Å². The molecule has 1 aromatic heterocycles. The zero-order chi connectivity index (χ0) is 23.1. The molecule has 9 heteroatoms. The molecule has 8 nitrogen and oxygen atoms in total. The molecule has 0 radical (unpaired) electrons. The van der Waals surface area contributed by atoms with Gasteiger partial charge in [0.2, 0.25) is 15.9 Å². The van der Waals surface area contributed by atoms with Crippen molar-refractivity contribution in [2.45, 2.75) is 24.5 Å². The first-order valence-corrected chi connectivity index (χ1v) is 11.4. The summed E-state index contributed by atoms with van der Waals surface area (Å²) >= 11 is 0. The second kappa shape index (κ2) is 10.4. The molecular formula is C23H26N2O6S. The van der Waals surface area contributed by atoms with Gasteiger partial charge in [-0.05, 0) is 48.5 Å². The first-order valence-electron chi connectivity index (χ1n) is 10.00. The van der Waals surface area contributed by atoms with E-state index in [1.807, 2.05) is 0 Å². The summed E-state index contributed by atoms with van der Waals surface area (Å²) in [5.41, 5.74) is 0.712. The molecule has 0 aliphatic rings. The van der Waals surface area contributed by atoms with Gasteiger partial charge in [0, 0.05) is 26.2 Å². The molecule has 3 aromatic rings. The highest BCUT2D eigenvalue weighted by atomic mass is 32.2. The summed E-state index contributed by atoms with van der Waals surface area (Å²) in [6.07, 6.45) is 0.387. The Morgan fingerprint density at radius 1 is 1.06 bits per heavy atom. The Morgan fingerprint density at radius 2 is 1.75 bits per heavy atom. The molecular weight excluding hydrogens is 432 g/mol. The van der Waals surface area contributed by atoms with Crippen molar-refractivity contribution < 1.29 is 27.5 Å². The average molecular weight is 459 g/mol. The number of aliphatic hydroxyl groups excluding tert-OH is 1. The number of rotatable bonds is 10. The second-order valence-corrected chi connectivity index (χ2v) is 9.16. The second-order valence-electron chi connectivity index (χ2n) is 7.23. The van der Waals surface area contributed by atoms with Crippen molar-refractivity contribution in [3.05, 3.63) is 78.8 Å². The Labute approximate surface area is 187 Å². The molecule has 1 N–H and O–H groups in total. The minimum Gasteiger partial charge on any atom is -0.491 e. The number of hydrogen-bond acceptors (Lipinski definition) is 6. The van der Waals surface area contributed by atoms with Crippen LogP contribution in [0.4, 0.5) is 5.69 Å². The minimum atomic E-state index is -3.86. The van der Waals surface area contributed by atoms with E-state index in [4.69, 9.17) is 9.15 Å². The van der Waals surface area contributed by atoms with E-state index in [1.165, 1.54) is 34.5 Å². The van der Waals surface area contributed by atoms with E-state index >= 15 is 0 Å². The highest BCUT2D eigenvalue weighted by Crippen LogP contribution is 2.21. The van der Waals surface area contributed by atoms with E-state index in [1.54, 1.807) is 61.6 Å². The number of carbonyl (C=O) groups excluding carboxylic acids is 1. The van der Waals surface area contributed by atoms with Gasteiger partial charge in [-0.15, -0.1) is 0 Å². The SMILES string of the molecule is CC(=O)N(C)c1ccc(OC[C@H](O)CN(Cc2ccco2)S(=O)(=O)c2ccccc2)cc1. The van der Waals surface area contributed by atoms with E-state index in [-0.39, 0.29) is 30.5 Å². The summed E-state index contributed by atoms with van der Waals surface area (Å²) in [7, 11) is -2.19. The zero-order valence-electron chi connectivity index (χ0n) is 17.9. The minimum absolute atomic E-state index is 0.0205. The normalized spacial score (nSPS) is 12.5. The summed E-state index contributed by atoms with van der Waals surface area (Å²) in [5, 5.41) is 10.5. The number of benzene rings is 2. The van der Waals surface area contributed by atoms with E-state index in [0.717, 1.165) is 0 Å². The topological polar surface area (TPSA) is 100 Å². The van der Waals surface area contributed by atoms with Crippen LogP contribution in [0.3, 0.4) is 0 Å². The van der Waals surface area contributed by atoms with E-state index in [9.17, 15) is 18.3 Å². The molecule has 1 atom stereocenters. The molecule has 0 aliphatic heterocycles. The Hall–Kier alpha value is -3.14. The van der Waals surface area contributed by atoms with Gasteiger partial charge in [0.25, 0.3) is 0 Å². The monoisotopic (exact) mass is 458 g/mol. The van der Waals surface area contributed by atoms with Crippen LogP contribution in [0, 0.1) is 0 Å². The van der Waals surface area contributed by atoms with Crippen molar-refractivity contribution in [1.82, 2.24) is 4.31 Å². The molecule has 0 spiro atoms. The lowest BCUT2D eigenvalue weighted by Crippen LogP contribution is -2.39. The van der Waals surface area contributed by atoms with Gasteiger partial charge in [-0.2, -0.15) is 4.31 Å². The van der Waals surface area contributed by atoms with Crippen LogP contribution >= 0.6 is 0 Å². The molecule has 0 saturated heterocycles. The lowest BCUT2D eigenvalue weighted by molar-refractivity contribution is -0.116. The molecule has 1 amide bonds. The Kier molecular flexibility index (Phi) is 7.68. The molecule has 0 unspecified atom stereocenters. The summed E-state index contributed by atoms with van der Waals surface area (Å²) in [4.78, 5) is 13.1. The fraction of sp³-hybridized carbons (Fsp3) is 0.261. The Bertz CT molecular complexity index is 1100. The predicted octanol–water partition coefficient (Wildman–Crippen LogP) is 2.89. The van der Waals surface area contributed by atoms with Crippen LogP contribution in [0.15, 0.2) is 82.3 Å². The average Bonchev–Trinajstić information content (AvgIpc) is 3.31. The third kappa shape index (κ3) is 5.97. The lowest BCUT2D eigenvalue weighted by Gasteiger charge is -2.24. The predicted molar refractivity (Wildman–Crippen MR) is 120 cm³/mol. The number of anilines is 1. The first-order chi connectivity index (χ1) is 15.3. The van der Waals surface area contributed by atoms with Gasteiger partial charge >= 0.3 is 0 Å². The Balaban J connectivity index is 1.67. The molecule has 0 bridgehead atoms. The van der Waals surface area contributed by atoms with E-state index in [0.29, 0.717) is 17.2 Å². The van der Waals surface area contributed by atoms with Crippen LogP contribution in [-0.2, 0) is 21.4 Å². The van der Waals surface area contributed by atoms with Crippen LogP contribution in [0.25, 0.3) is 0 Å². The van der Waals surface area contributed by atoms with Crippen LogP contribution in [0.5, 0.6) is 5.75 Å². The standard InChI is InChI=1S/C23H26N2O6S/c1-18(26)24(2)19-10-12-21(13-11-19)31-17-20(27)15-25(16-22-7-6-14-30-22)32(28,29)23-8-4-3-5-9-23/h3-14,20,27H,15-17H2,1-2H3/t20-/m1/s1. The molecule has 0 aliphatic carbocycles. The number of ether oxygens (including phenoxy) is 1. The fourth-order valence-corrected chi connectivity index (χ4v) is 4.46.